The normalized spacial score (nSPS) is 24.9. The molecule has 0 aromatic rings. The monoisotopic (exact) mass is 213 g/mol. The van der Waals surface area contributed by atoms with E-state index in [9.17, 15) is 4.79 Å². The van der Waals surface area contributed by atoms with Crippen LogP contribution in [0.5, 0.6) is 0 Å². The van der Waals surface area contributed by atoms with Crippen LogP contribution in [0.25, 0.3) is 0 Å². The Labute approximate surface area is 92.2 Å². The van der Waals surface area contributed by atoms with E-state index < -0.39 is 0 Å². The van der Waals surface area contributed by atoms with Gasteiger partial charge in [0.15, 0.2) is 0 Å². The van der Waals surface area contributed by atoms with Crippen LogP contribution in [-0.4, -0.2) is 42.5 Å². The molecule has 0 spiro atoms. The van der Waals surface area contributed by atoms with Crippen molar-refractivity contribution in [2.45, 2.75) is 45.2 Å². The van der Waals surface area contributed by atoms with E-state index >= 15 is 0 Å². The third kappa shape index (κ3) is 4.62. The maximum Gasteiger partial charge on any atom is 0.234 e. The zero-order valence-electron chi connectivity index (χ0n) is 9.83. The highest BCUT2D eigenvalue weighted by Crippen LogP contribution is 2.07. The number of likely N-dealkylation sites (tertiary alicyclic amines) is 1. The van der Waals surface area contributed by atoms with Gasteiger partial charge < -0.3 is 11.1 Å². The highest BCUT2D eigenvalue weighted by atomic mass is 16.2. The number of nitrogens with one attached hydrogen (secondary N) is 1. The van der Waals surface area contributed by atoms with Gasteiger partial charge in [-0.3, -0.25) is 9.69 Å². The molecule has 0 aromatic carbocycles. The summed E-state index contributed by atoms with van der Waals surface area (Å²) in [5.74, 6) is 0.124. The quantitative estimate of drug-likeness (QED) is 0.707. The number of piperidine rings is 1. The predicted octanol–water partition coefficient (Wildman–Crippen LogP) is 0.324. The van der Waals surface area contributed by atoms with Crippen LogP contribution >= 0.6 is 0 Å². The number of carbonyl (C=O) groups excluding carboxylic acids is 1. The van der Waals surface area contributed by atoms with Crippen molar-refractivity contribution in [2.75, 3.05) is 19.6 Å². The number of amides is 1. The SMILES string of the molecule is CCC(C)NC(=O)CN1CCC[C@@H](N)C1. The van der Waals surface area contributed by atoms with Gasteiger partial charge in [0.1, 0.15) is 0 Å². The van der Waals surface area contributed by atoms with Crippen LogP contribution in [0.15, 0.2) is 0 Å². The minimum Gasteiger partial charge on any atom is -0.353 e. The van der Waals surface area contributed by atoms with E-state index in [0.29, 0.717) is 6.54 Å². The van der Waals surface area contributed by atoms with Gasteiger partial charge in [0, 0.05) is 18.6 Å². The molecule has 3 N–H and O–H groups in total. The summed E-state index contributed by atoms with van der Waals surface area (Å²) in [6.45, 7) is 6.45. The van der Waals surface area contributed by atoms with E-state index in [0.717, 1.165) is 32.4 Å². The fourth-order valence-electron chi connectivity index (χ4n) is 1.86. The molecular formula is C11H23N3O. The molecule has 88 valence electrons. The molecule has 0 aromatic heterocycles. The van der Waals surface area contributed by atoms with Gasteiger partial charge in [-0.1, -0.05) is 6.92 Å². The van der Waals surface area contributed by atoms with E-state index in [2.05, 4.69) is 17.1 Å². The minimum absolute atomic E-state index is 0.124. The third-order valence-electron chi connectivity index (χ3n) is 2.93. The maximum absolute atomic E-state index is 11.6. The zero-order chi connectivity index (χ0) is 11.3. The molecule has 0 saturated carbocycles. The van der Waals surface area contributed by atoms with Crippen LogP contribution in [0, 0.1) is 0 Å². The van der Waals surface area contributed by atoms with E-state index in [1.165, 1.54) is 0 Å². The Morgan fingerprint density at radius 2 is 2.40 bits per heavy atom. The van der Waals surface area contributed by atoms with Gasteiger partial charge in [-0.2, -0.15) is 0 Å². The van der Waals surface area contributed by atoms with Gasteiger partial charge in [0.2, 0.25) is 5.91 Å². The van der Waals surface area contributed by atoms with Crippen LogP contribution < -0.4 is 11.1 Å². The van der Waals surface area contributed by atoms with Crippen LogP contribution in [0.4, 0.5) is 0 Å². The first-order valence-electron chi connectivity index (χ1n) is 5.89. The Hall–Kier alpha value is -0.610. The summed E-state index contributed by atoms with van der Waals surface area (Å²) in [5, 5.41) is 2.97. The molecule has 15 heavy (non-hydrogen) atoms. The summed E-state index contributed by atoms with van der Waals surface area (Å²) in [6, 6.07) is 0.520. The van der Waals surface area contributed by atoms with Gasteiger partial charge in [0.05, 0.1) is 6.54 Å². The average molecular weight is 213 g/mol. The highest BCUT2D eigenvalue weighted by molar-refractivity contribution is 5.78. The Kier molecular flexibility index (Phi) is 5.05. The van der Waals surface area contributed by atoms with E-state index in [1.807, 2.05) is 6.92 Å². The Bertz CT molecular complexity index is 208. The molecule has 1 rings (SSSR count). The molecule has 0 aliphatic carbocycles. The highest BCUT2D eigenvalue weighted by Gasteiger charge is 2.18. The molecule has 1 fully saturated rings. The fourth-order valence-corrected chi connectivity index (χ4v) is 1.86. The lowest BCUT2D eigenvalue weighted by Gasteiger charge is -2.30. The smallest absolute Gasteiger partial charge is 0.234 e. The number of carbonyl (C=O) groups is 1. The standard InChI is InChI=1S/C11H23N3O/c1-3-9(2)13-11(15)8-14-6-4-5-10(12)7-14/h9-10H,3-8,12H2,1-2H3,(H,13,15)/t9?,10-/m1/s1. The number of hydrogen-bond acceptors (Lipinski definition) is 3. The number of nitrogens with zero attached hydrogens (tertiary/aromatic N) is 1. The Morgan fingerprint density at radius 1 is 1.67 bits per heavy atom. The molecule has 1 amide bonds. The van der Waals surface area contributed by atoms with Crippen LogP contribution in [0.1, 0.15) is 33.1 Å². The molecule has 0 radical (unpaired) electrons. The summed E-state index contributed by atoms with van der Waals surface area (Å²) in [4.78, 5) is 13.7. The van der Waals surface area contributed by atoms with Gasteiger partial charge in [-0.25, -0.2) is 0 Å². The number of nitrogens with two attached hydrogens (primary N) is 1. The van der Waals surface area contributed by atoms with Gasteiger partial charge >= 0.3 is 0 Å². The first kappa shape index (κ1) is 12.5. The van der Waals surface area contributed by atoms with E-state index in [1.54, 1.807) is 0 Å². The van der Waals surface area contributed by atoms with Crippen molar-refractivity contribution in [2.24, 2.45) is 5.73 Å². The van der Waals surface area contributed by atoms with Crippen molar-refractivity contribution >= 4 is 5.91 Å². The first-order valence-corrected chi connectivity index (χ1v) is 5.89. The predicted molar refractivity (Wildman–Crippen MR) is 61.5 cm³/mol. The molecule has 1 unspecified atom stereocenters. The van der Waals surface area contributed by atoms with Crippen molar-refractivity contribution in [1.29, 1.82) is 0 Å². The van der Waals surface area contributed by atoms with Crippen LogP contribution in [0.2, 0.25) is 0 Å². The van der Waals surface area contributed by atoms with Crippen LogP contribution in [-0.2, 0) is 4.79 Å². The second kappa shape index (κ2) is 6.08. The van der Waals surface area contributed by atoms with Crippen LogP contribution in [0.3, 0.4) is 0 Å². The molecular weight excluding hydrogens is 190 g/mol. The lowest BCUT2D eigenvalue weighted by atomic mass is 10.1. The third-order valence-corrected chi connectivity index (χ3v) is 2.93. The van der Waals surface area contributed by atoms with E-state index in [4.69, 9.17) is 5.73 Å². The van der Waals surface area contributed by atoms with Crippen molar-refractivity contribution in [1.82, 2.24) is 10.2 Å². The van der Waals surface area contributed by atoms with Gasteiger partial charge in [0.25, 0.3) is 0 Å². The Morgan fingerprint density at radius 3 is 3.00 bits per heavy atom. The number of hydrogen-bond donors (Lipinski definition) is 2. The molecule has 1 aliphatic rings. The van der Waals surface area contributed by atoms with E-state index in [-0.39, 0.29) is 18.0 Å². The summed E-state index contributed by atoms with van der Waals surface area (Å²) in [7, 11) is 0. The Balaban J connectivity index is 2.24. The second-order valence-corrected chi connectivity index (χ2v) is 4.51. The molecule has 0 bridgehead atoms. The van der Waals surface area contributed by atoms with Gasteiger partial charge in [-0.05, 0) is 32.7 Å². The lowest BCUT2D eigenvalue weighted by molar-refractivity contribution is -0.123. The maximum atomic E-state index is 11.6. The zero-order valence-corrected chi connectivity index (χ0v) is 9.83. The lowest BCUT2D eigenvalue weighted by Crippen LogP contribution is -2.48. The summed E-state index contributed by atoms with van der Waals surface area (Å²) in [5.41, 5.74) is 5.85. The van der Waals surface area contributed by atoms with Crippen molar-refractivity contribution < 1.29 is 4.79 Å². The second-order valence-electron chi connectivity index (χ2n) is 4.51. The van der Waals surface area contributed by atoms with Gasteiger partial charge in [-0.15, -0.1) is 0 Å². The van der Waals surface area contributed by atoms with Crippen molar-refractivity contribution in [3.8, 4) is 0 Å². The largest absolute Gasteiger partial charge is 0.353 e. The summed E-state index contributed by atoms with van der Waals surface area (Å²) >= 11 is 0. The first-order chi connectivity index (χ1) is 7.11. The summed E-state index contributed by atoms with van der Waals surface area (Å²) < 4.78 is 0. The molecule has 2 atom stereocenters. The van der Waals surface area contributed by atoms with Crippen molar-refractivity contribution in [3.63, 3.8) is 0 Å². The molecule has 1 saturated heterocycles. The topological polar surface area (TPSA) is 58.4 Å². The van der Waals surface area contributed by atoms with Crippen molar-refractivity contribution in [3.05, 3.63) is 0 Å². The minimum atomic E-state index is 0.124. The number of rotatable bonds is 4. The average Bonchev–Trinajstić information content (AvgIpc) is 2.17. The summed E-state index contributed by atoms with van der Waals surface area (Å²) in [6.07, 6.45) is 3.17. The molecule has 4 heteroatoms. The molecule has 1 aliphatic heterocycles. The molecule has 1 heterocycles. The fraction of sp³-hybridized carbons (Fsp3) is 0.909. The molecule has 4 nitrogen and oxygen atoms in total.